The zero-order valence-electron chi connectivity index (χ0n) is 7.69. The molecule has 0 radical (unpaired) electrons. The van der Waals surface area contributed by atoms with Gasteiger partial charge in [0.2, 0.25) is 5.91 Å². The molecule has 1 saturated heterocycles. The van der Waals surface area contributed by atoms with Crippen molar-refractivity contribution in [2.75, 3.05) is 0 Å². The molecule has 0 aliphatic carbocycles. The molecule has 1 fully saturated rings. The third-order valence-corrected chi connectivity index (χ3v) is 2.76. The van der Waals surface area contributed by atoms with Gasteiger partial charge >= 0.3 is 0 Å². The lowest BCUT2D eigenvalue weighted by Gasteiger charge is -2.11. The summed E-state index contributed by atoms with van der Waals surface area (Å²) >= 11 is 5.35. The van der Waals surface area contributed by atoms with Gasteiger partial charge < -0.3 is 5.32 Å². The molecule has 1 atom stereocenters. The van der Waals surface area contributed by atoms with Crippen molar-refractivity contribution in [3.05, 3.63) is 34.4 Å². The van der Waals surface area contributed by atoms with Gasteiger partial charge in [0.15, 0.2) is 0 Å². The van der Waals surface area contributed by atoms with Crippen LogP contribution in [0.4, 0.5) is 8.78 Å². The molecule has 1 aromatic rings. The first-order chi connectivity index (χ1) is 7.08. The molecular formula is C10H8ClF2NO. The number of hydrogen-bond acceptors (Lipinski definition) is 1. The van der Waals surface area contributed by atoms with Gasteiger partial charge in [-0.15, -0.1) is 0 Å². The van der Waals surface area contributed by atoms with Crippen LogP contribution < -0.4 is 5.32 Å². The van der Waals surface area contributed by atoms with Gasteiger partial charge in [-0.3, -0.25) is 4.79 Å². The second kappa shape index (κ2) is 3.77. The van der Waals surface area contributed by atoms with Crippen LogP contribution in [0.2, 0.25) is 5.02 Å². The van der Waals surface area contributed by atoms with E-state index in [1.165, 1.54) is 0 Å². The van der Waals surface area contributed by atoms with E-state index in [-0.39, 0.29) is 11.9 Å². The third-order valence-electron chi connectivity index (χ3n) is 2.40. The summed E-state index contributed by atoms with van der Waals surface area (Å²) in [6, 6.07) is 2.00. The number of rotatable bonds is 1. The highest BCUT2D eigenvalue weighted by atomic mass is 35.5. The molecule has 0 aromatic heterocycles. The molecule has 1 aromatic carbocycles. The first kappa shape index (κ1) is 10.4. The van der Waals surface area contributed by atoms with Crippen LogP contribution in [0, 0.1) is 11.6 Å². The normalized spacial score (nSPS) is 20.5. The molecule has 1 aliphatic heterocycles. The predicted molar refractivity (Wildman–Crippen MR) is 51.5 cm³/mol. The summed E-state index contributed by atoms with van der Waals surface area (Å²) in [6.07, 6.45) is 0.940. The molecule has 2 nitrogen and oxygen atoms in total. The second-order valence-electron chi connectivity index (χ2n) is 3.46. The Morgan fingerprint density at radius 3 is 2.40 bits per heavy atom. The van der Waals surface area contributed by atoms with Crippen LogP contribution in [0.1, 0.15) is 24.4 Å². The lowest BCUT2D eigenvalue weighted by molar-refractivity contribution is -0.119. The fourth-order valence-electron chi connectivity index (χ4n) is 1.64. The SMILES string of the molecule is O=C1CCC(c2cc(F)c(Cl)c(F)c2)N1. The maximum Gasteiger partial charge on any atom is 0.220 e. The van der Waals surface area contributed by atoms with Crippen molar-refractivity contribution in [1.29, 1.82) is 0 Å². The zero-order chi connectivity index (χ0) is 11.0. The Morgan fingerprint density at radius 1 is 1.33 bits per heavy atom. The van der Waals surface area contributed by atoms with Crippen LogP contribution in [0.3, 0.4) is 0 Å². The second-order valence-corrected chi connectivity index (χ2v) is 3.84. The molecule has 1 aliphatic rings. The first-order valence-corrected chi connectivity index (χ1v) is 4.89. The van der Waals surface area contributed by atoms with Gasteiger partial charge in [0.1, 0.15) is 16.7 Å². The van der Waals surface area contributed by atoms with Crippen LogP contribution in [-0.4, -0.2) is 5.91 Å². The van der Waals surface area contributed by atoms with Gasteiger partial charge in [0, 0.05) is 6.42 Å². The monoisotopic (exact) mass is 231 g/mol. The molecule has 0 saturated carbocycles. The van der Waals surface area contributed by atoms with Crippen LogP contribution in [0.5, 0.6) is 0 Å². The summed E-state index contributed by atoms with van der Waals surface area (Å²) in [7, 11) is 0. The quantitative estimate of drug-likeness (QED) is 0.740. The van der Waals surface area contributed by atoms with Crippen LogP contribution in [0.25, 0.3) is 0 Å². The van der Waals surface area contributed by atoms with E-state index in [0.717, 1.165) is 12.1 Å². The summed E-state index contributed by atoms with van der Waals surface area (Å²) < 4.78 is 26.2. The van der Waals surface area contributed by atoms with Crippen molar-refractivity contribution in [3.63, 3.8) is 0 Å². The summed E-state index contributed by atoms with van der Waals surface area (Å²) in [4.78, 5) is 10.9. The lowest BCUT2D eigenvalue weighted by atomic mass is 10.1. The number of amides is 1. The molecule has 1 heterocycles. The fraction of sp³-hybridized carbons (Fsp3) is 0.300. The Bertz CT molecular complexity index is 399. The molecule has 1 unspecified atom stereocenters. The number of nitrogens with one attached hydrogen (secondary N) is 1. The average molecular weight is 232 g/mol. The third kappa shape index (κ3) is 1.95. The molecular weight excluding hydrogens is 224 g/mol. The lowest BCUT2D eigenvalue weighted by Crippen LogP contribution is -2.18. The van der Waals surface area contributed by atoms with Gasteiger partial charge in [0.25, 0.3) is 0 Å². The number of carbonyl (C=O) groups excluding carboxylic acids is 1. The van der Waals surface area contributed by atoms with Crippen molar-refractivity contribution in [3.8, 4) is 0 Å². The minimum absolute atomic E-state index is 0.101. The van der Waals surface area contributed by atoms with E-state index in [9.17, 15) is 13.6 Å². The van der Waals surface area contributed by atoms with E-state index in [1.54, 1.807) is 0 Å². The highest BCUT2D eigenvalue weighted by Gasteiger charge is 2.24. The topological polar surface area (TPSA) is 29.1 Å². The van der Waals surface area contributed by atoms with E-state index in [4.69, 9.17) is 11.6 Å². The van der Waals surface area contributed by atoms with Crippen molar-refractivity contribution >= 4 is 17.5 Å². The van der Waals surface area contributed by atoms with Gasteiger partial charge in [-0.1, -0.05) is 11.6 Å². The van der Waals surface area contributed by atoms with Crippen molar-refractivity contribution in [1.82, 2.24) is 5.32 Å². The smallest absolute Gasteiger partial charge is 0.220 e. The highest BCUT2D eigenvalue weighted by molar-refractivity contribution is 6.30. The first-order valence-electron chi connectivity index (χ1n) is 4.51. The molecule has 5 heteroatoms. The van der Waals surface area contributed by atoms with Crippen LogP contribution in [-0.2, 0) is 4.79 Å². The molecule has 1 amide bonds. The molecule has 0 spiro atoms. The Balaban J connectivity index is 2.33. The van der Waals surface area contributed by atoms with E-state index >= 15 is 0 Å². The minimum Gasteiger partial charge on any atom is -0.349 e. The largest absolute Gasteiger partial charge is 0.349 e. The standard InChI is InChI=1S/C10H8ClF2NO/c11-10-6(12)3-5(4-7(10)13)8-1-2-9(15)14-8/h3-4,8H,1-2H2,(H,14,15). The maximum atomic E-state index is 13.1. The van der Waals surface area contributed by atoms with Gasteiger partial charge in [-0.2, -0.15) is 0 Å². The highest BCUT2D eigenvalue weighted by Crippen LogP contribution is 2.28. The van der Waals surface area contributed by atoms with Gasteiger partial charge in [0.05, 0.1) is 6.04 Å². The summed E-state index contributed by atoms with van der Waals surface area (Å²) in [5, 5.41) is 2.12. The van der Waals surface area contributed by atoms with E-state index in [2.05, 4.69) is 5.32 Å². The molecule has 2 rings (SSSR count). The van der Waals surface area contributed by atoms with Crippen LogP contribution in [0.15, 0.2) is 12.1 Å². The Kier molecular flexibility index (Phi) is 2.61. The van der Waals surface area contributed by atoms with E-state index < -0.39 is 16.7 Å². The zero-order valence-corrected chi connectivity index (χ0v) is 8.44. The Hall–Kier alpha value is -1.16. The number of benzene rings is 1. The van der Waals surface area contributed by atoms with E-state index in [0.29, 0.717) is 18.4 Å². The molecule has 80 valence electrons. The summed E-state index contributed by atoms with van der Waals surface area (Å²) in [5.74, 6) is -1.70. The number of hydrogen-bond donors (Lipinski definition) is 1. The van der Waals surface area contributed by atoms with Crippen molar-refractivity contribution < 1.29 is 13.6 Å². The Labute approximate surface area is 90.2 Å². The Morgan fingerprint density at radius 2 is 1.93 bits per heavy atom. The number of carbonyl (C=O) groups is 1. The molecule has 0 bridgehead atoms. The predicted octanol–water partition coefficient (Wildman–Crippen LogP) is 2.57. The van der Waals surface area contributed by atoms with Gasteiger partial charge in [-0.25, -0.2) is 8.78 Å². The van der Waals surface area contributed by atoms with Gasteiger partial charge in [-0.05, 0) is 24.1 Å². The minimum atomic E-state index is -0.798. The molecule has 15 heavy (non-hydrogen) atoms. The van der Waals surface area contributed by atoms with Crippen molar-refractivity contribution in [2.24, 2.45) is 0 Å². The summed E-state index contributed by atoms with van der Waals surface area (Å²) in [6.45, 7) is 0. The summed E-state index contributed by atoms with van der Waals surface area (Å²) in [5.41, 5.74) is 0.417. The fourth-order valence-corrected chi connectivity index (χ4v) is 1.75. The van der Waals surface area contributed by atoms with Crippen LogP contribution >= 0.6 is 11.6 Å². The average Bonchev–Trinajstić information content (AvgIpc) is 2.60. The van der Waals surface area contributed by atoms with Crippen molar-refractivity contribution in [2.45, 2.75) is 18.9 Å². The molecule has 1 N–H and O–H groups in total. The number of halogens is 3. The maximum absolute atomic E-state index is 13.1. The van der Waals surface area contributed by atoms with E-state index in [1.807, 2.05) is 0 Å².